The lowest BCUT2D eigenvalue weighted by Gasteiger charge is -2.15. The summed E-state index contributed by atoms with van der Waals surface area (Å²) < 4.78 is 1.33. The van der Waals surface area contributed by atoms with Crippen LogP contribution in [0.2, 0.25) is 0 Å². The van der Waals surface area contributed by atoms with Crippen molar-refractivity contribution in [3.63, 3.8) is 0 Å². The predicted octanol–water partition coefficient (Wildman–Crippen LogP) is 0.489. The molecule has 1 aliphatic rings. The fourth-order valence-corrected chi connectivity index (χ4v) is 2.26. The third-order valence-electron chi connectivity index (χ3n) is 3.36. The van der Waals surface area contributed by atoms with Gasteiger partial charge in [-0.25, -0.2) is 4.98 Å². The Bertz CT molecular complexity index is 698. The number of amides is 1. The van der Waals surface area contributed by atoms with Crippen LogP contribution < -0.4 is 5.56 Å². The number of pyridine rings is 1. The average molecular weight is 270 g/mol. The van der Waals surface area contributed by atoms with Crippen LogP contribution in [0.1, 0.15) is 17.0 Å². The second kappa shape index (κ2) is 4.88. The molecule has 0 saturated heterocycles. The molecule has 0 aromatic carbocycles. The second-order valence-electron chi connectivity index (χ2n) is 4.86. The Morgan fingerprint density at radius 3 is 2.95 bits per heavy atom. The quantitative estimate of drug-likeness (QED) is 0.796. The van der Waals surface area contributed by atoms with Crippen LogP contribution >= 0.6 is 0 Å². The summed E-state index contributed by atoms with van der Waals surface area (Å²) in [6.45, 7) is 2.82. The molecule has 0 aliphatic carbocycles. The Morgan fingerprint density at radius 2 is 2.20 bits per heavy atom. The Balaban J connectivity index is 1.74. The van der Waals surface area contributed by atoms with Gasteiger partial charge in [-0.15, -0.1) is 0 Å². The number of fused-ring (bicyclic) bond motifs is 1. The molecule has 1 aliphatic heterocycles. The van der Waals surface area contributed by atoms with Crippen molar-refractivity contribution >= 4 is 5.91 Å². The number of hydrogen-bond acceptors (Lipinski definition) is 4. The van der Waals surface area contributed by atoms with Gasteiger partial charge >= 0.3 is 0 Å². The van der Waals surface area contributed by atoms with E-state index in [4.69, 9.17) is 0 Å². The number of aromatic nitrogens is 3. The van der Waals surface area contributed by atoms with Gasteiger partial charge in [-0.2, -0.15) is 0 Å². The fraction of sp³-hybridized carbons (Fsp3) is 0.286. The first-order chi connectivity index (χ1) is 9.63. The molecule has 2 aromatic rings. The van der Waals surface area contributed by atoms with E-state index in [0.29, 0.717) is 18.8 Å². The lowest BCUT2D eigenvalue weighted by atomic mass is 10.2. The zero-order valence-corrected chi connectivity index (χ0v) is 11.1. The number of nitrogens with zero attached hydrogens (tertiary/aromatic N) is 4. The maximum absolute atomic E-state index is 12.2. The van der Waals surface area contributed by atoms with Crippen LogP contribution in [-0.4, -0.2) is 25.3 Å². The molecule has 0 atom stereocenters. The number of carbonyl (C=O) groups is 1. The maximum atomic E-state index is 12.2. The van der Waals surface area contributed by atoms with E-state index in [1.165, 1.54) is 17.0 Å². The molecule has 2 aromatic heterocycles. The standard InChI is InChI=1S/C14H14N4O2/c1-10-5-13(19)18(9-16-10)8-14(20)17-6-11-3-2-4-15-12(11)7-17/h2-5,9H,6-8H2,1H3. The normalized spacial score (nSPS) is 13.3. The topological polar surface area (TPSA) is 68.1 Å². The minimum absolute atomic E-state index is 0.0140. The smallest absolute Gasteiger partial charge is 0.253 e. The van der Waals surface area contributed by atoms with Gasteiger partial charge in [-0.1, -0.05) is 6.07 Å². The van der Waals surface area contributed by atoms with Gasteiger partial charge in [0.05, 0.1) is 18.6 Å². The molecular weight excluding hydrogens is 256 g/mol. The summed E-state index contributed by atoms with van der Waals surface area (Å²) in [4.78, 5) is 34.0. The van der Waals surface area contributed by atoms with Crippen LogP contribution in [0.5, 0.6) is 0 Å². The lowest BCUT2D eigenvalue weighted by molar-refractivity contribution is -0.132. The van der Waals surface area contributed by atoms with Crippen molar-refractivity contribution in [2.75, 3.05) is 0 Å². The molecule has 0 spiro atoms. The van der Waals surface area contributed by atoms with Crippen LogP contribution in [0.15, 0.2) is 35.5 Å². The van der Waals surface area contributed by atoms with Gasteiger partial charge in [-0.3, -0.25) is 19.1 Å². The molecule has 6 nitrogen and oxygen atoms in total. The highest BCUT2D eigenvalue weighted by Gasteiger charge is 2.24. The summed E-state index contributed by atoms with van der Waals surface area (Å²) >= 11 is 0. The number of carbonyl (C=O) groups excluding carboxylic acids is 1. The zero-order valence-electron chi connectivity index (χ0n) is 11.1. The SMILES string of the molecule is Cc1cc(=O)n(CC(=O)N2Cc3cccnc3C2)cn1. The van der Waals surface area contributed by atoms with Gasteiger partial charge in [-0.05, 0) is 18.6 Å². The van der Waals surface area contributed by atoms with E-state index in [9.17, 15) is 9.59 Å². The number of rotatable bonds is 2. The Kier molecular flexibility index (Phi) is 3.06. The van der Waals surface area contributed by atoms with Crippen molar-refractivity contribution in [1.82, 2.24) is 19.4 Å². The molecule has 102 valence electrons. The second-order valence-corrected chi connectivity index (χ2v) is 4.86. The molecule has 3 heterocycles. The predicted molar refractivity (Wildman–Crippen MR) is 71.7 cm³/mol. The van der Waals surface area contributed by atoms with Gasteiger partial charge in [0.25, 0.3) is 5.56 Å². The summed E-state index contributed by atoms with van der Waals surface area (Å²) in [6.07, 6.45) is 3.14. The summed E-state index contributed by atoms with van der Waals surface area (Å²) in [7, 11) is 0. The van der Waals surface area contributed by atoms with E-state index in [1.54, 1.807) is 18.0 Å². The molecule has 0 N–H and O–H groups in total. The molecule has 20 heavy (non-hydrogen) atoms. The minimum atomic E-state index is -0.208. The summed E-state index contributed by atoms with van der Waals surface area (Å²) in [5, 5.41) is 0. The third-order valence-corrected chi connectivity index (χ3v) is 3.36. The summed E-state index contributed by atoms with van der Waals surface area (Å²) in [5.74, 6) is -0.101. The van der Waals surface area contributed by atoms with Gasteiger partial charge in [0.1, 0.15) is 6.54 Å². The van der Waals surface area contributed by atoms with E-state index in [0.717, 1.165) is 11.3 Å². The van der Waals surface area contributed by atoms with Crippen molar-refractivity contribution in [3.05, 3.63) is 58.0 Å². The van der Waals surface area contributed by atoms with E-state index in [2.05, 4.69) is 9.97 Å². The van der Waals surface area contributed by atoms with E-state index in [1.807, 2.05) is 12.1 Å². The van der Waals surface area contributed by atoms with E-state index >= 15 is 0 Å². The van der Waals surface area contributed by atoms with Crippen molar-refractivity contribution in [2.45, 2.75) is 26.6 Å². The molecule has 0 radical (unpaired) electrons. The third kappa shape index (κ3) is 2.32. The lowest BCUT2D eigenvalue weighted by Crippen LogP contribution is -2.33. The molecule has 0 unspecified atom stereocenters. The average Bonchev–Trinajstić information content (AvgIpc) is 2.86. The number of hydrogen-bond donors (Lipinski definition) is 0. The van der Waals surface area contributed by atoms with Crippen LogP contribution in [0.4, 0.5) is 0 Å². The van der Waals surface area contributed by atoms with Crippen molar-refractivity contribution in [2.24, 2.45) is 0 Å². The monoisotopic (exact) mass is 270 g/mol. The Morgan fingerprint density at radius 1 is 1.35 bits per heavy atom. The molecule has 3 rings (SSSR count). The van der Waals surface area contributed by atoms with Gasteiger partial charge in [0.15, 0.2) is 0 Å². The fourth-order valence-electron chi connectivity index (χ4n) is 2.26. The van der Waals surface area contributed by atoms with Crippen molar-refractivity contribution in [3.8, 4) is 0 Å². The van der Waals surface area contributed by atoms with Crippen molar-refractivity contribution in [1.29, 1.82) is 0 Å². The molecule has 1 amide bonds. The Labute approximate surface area is 115 Å². The molecule has 0 fully saturated rings. The van der Waals surface area contributed by atoms with E-state index < -0.39 is 0 Å². The zero-order chi connectivity index (χ0) is 14.1. The largest absolute Gasteiger partial charge is 0.331 e. The van der Waals surface area contributed by atoms with Crippen LogP contribution in [0.3, 0.4) is 0 Å². The van der Waals surface area contributed by atoms with Crippen LogP contribution in [0.25, 0.3) is 0 Å². The molecule has 0 saturated carbocycles. The Hall–Kier alpha value is -2.50. The molecular formula is C14H14N4O2. The van der Waals surface area contributed by atoms with Crippen molar-refractivity contribution < 1.29 is 4.79 Å². The van der Waals surface area contributed by atoms with Gasteiger partial charge < -0.3 is 4.90 Å². The van der Waals surface area contributed by atoms with Gasteiger partial charge in [0.2, 0.25) is 5.91 Å². The van der Waals surface area contributed by atoms with Gasteiger partial charge in [0, 0.05) is 24.5 Å². The maximum Gasteiger partial charge on any atom is 0.253 e. The van der Waals surface area contributed by atoms with Crippen LogP contribution in [0, 0.1) is 6.92 Å². The first-order valence-corrected chi connectivity index (χ1v) is 6.37. The number of aryl methyl sites for hydroxylation is 1. The molecule has 6 heteroatoms. The highest BCUT2D eigenvalue weighted by molar-refractivity contribution is 5.76. The van der Waals surface area contributed by atoms with Crippen LogP contribution in [-0.2, 0) is 24.4 Å². The van der Waals surface area contributed by atoms with E-state index in [-0.39, 0.29) is 18.0 Å². The summed E-state index contributed by atoms with van der Waals surface area (Å²) in [6, 6.07) is 5.25. The first-order valence-electron chi connectivity index (χ1n) is 6.37. The summed E-state index contributed by atoms with van der Waals surface area (Å²) in [5.41, 5.74) is 2.43. The highest BCUT2D eigenvalue weighted by atomic mass is 16.2. The first kappa shape index (κ1) is 12.5. The minimum Gasteiger partial charge on any atom is -0.331 e. The molecule has 0 bridgehead atoms. The highest BCUT2D eigenvalue weighted by Crippen LogP contribution is 2.20.